The van der Waals surface area contributed by atoms with Gasteiger partial charge in [-0.3, -0.25) is 0 Å². The van der Waals surface area contributed by atoms with Gasteiger partial charge in [0.25, 0.3) is 0 Å². The van der Waals surface area contributed by atoms with Crippen molar-refractivity contribution >= 4 is 27.3 Å². The van der Waals surface area contributed by atoms with Crippen LogP contribution < -0.4 is 0 Å². The summed E-state index contributed by atoms with van der Waals surface area (Å²) in [5, 5.41) is 0. The van der Waals surface area contributed by atoms with Crippen LogP contribution in [-0.4, -0.2) is 23.5 Å². The van der Waals surface area contributed by atoms with Gasteiger partial charge < -0.3 is 4.90 Å². The van der Waals surface area contributed by atoms with Gasteiger partial charge in [-0.15, -0.1) is 11.3 Å². The van der Waals surface area contributed by atoms with E-state index in [0.717, 1.165) is 18.0 Å². The number of rotatable bonds is 1. The van der Waals surface area contributed by atoms with E-state index >= 15 is 0 Å². The summed E-state index contributed by atoms with van der Waals surface area (Å²) < 4.78 is 1.26. The molecule has 1 atom stereocenters. The molecule has 0 aliphatic carbocycles. The van der Waals surface area contributed by atoms with E-state index < -0.39 is 0 Å². The zero-order chi connectivity index (χ0) is 11.8. The van der Waals surface area contributed by atoms with Crippen LogP contribution in [-0.2, 0) is 0 Å². The number of thiazole rings is 1. The van der Waals surface area contributed by atoms with Gasteiger partial charge in [-0.1, -0.05) is 19.1 Å². The molecule has 0 N–H and O–H groups in total. The van der Waals surface area contributed by atoms with Gasteiger partial charge in [0.15, 0.2) is 0 Å². The zero-order valence-electron chi connectivity index (χ0n) is 10.2. The number of nitrogens with zero attached hydrogens (tertiary/aromatic N) is 2. The molecule has 88 valence electrons. The van der Waals surface area contributed by atoms with Crippen molar-refractivity contribution in [3.05, 3.63) is 35.3 Å². The van der Waals surface area contributed by atoms with E-state index in [1.807, 2.05) is 5.51 Å². The van der Waals surface area contributed by atoms with Crippen molar-refractivity contribution in [1.29, 1.82) is 0 Å². The average molecular weight is 244 g/mol. The molecule has 0 spiro atoms. The van der Waals surface area contributed by atoms with Gasteiger partial charge in [0.2, 0.25) is 0 Å². The second kappa shape index (κ2) is 4.15. The van der Waals surface area contributed by atoms with Crippen molar-refractivity contribution in [1.82, 2.24) is 9.88 Å². The highest BCUT2D eigenvalue weighted by Crippen LogP contribution is 2.28. The first-order valence-corrected chi connectivity index (χ1v) is 6.87. The maximum Gasteiger partial charge on any atom is 0.0818 e. The van der Waals surface area contributed by atoms with E-state index in [2.05, 4.69) is 48.1 Å². The summed E-state index contributed by atoms with van der Waals surface area (Å²) in [5.41, 5.74) is 5.66. The summed E-state index contributed by atoms with van der Waals surface area (Å²) in [6, 6.07) is 6.58. The first-order chi connectivity index (χ1) is 8.24. The van der Waals surface area contributed by atoms with E-state index in [-0.39, 0.29) is 0 Å². The van der Waals surface area contributed by atoms with Crippen LogP contribution in [0.1, 0.15) is 18.9 Å². The molecular weight excluding hydrogens is 228 g/mol. The largest absolute Gasteiger partial charge is 0.374 e. The minimum absolute atomic E-state index is 0.756. The minimum atomic E-state index is 0.756. The molecular formula is C14H16N2S. The summed E-state index contributed by atoms with van der Waals surface area (Å²) in [6.07, 6.45) is 3.52. The van der Waals surface area contributed by atoms with Gasteiger partial charge in [0.1, 0.15) is 0 Å². The molecule has 0 bridgehead atoms. The fourth-order valence-corrected chi connectivity index (χ4v) is 3.12. The topological polar surface area (TPSA) is 16.1 Å². The van der Waals surface area contributed by atoms with Crippen LogP contribution in [0.5, 0.6) is 0 Å². The second-order valence-electron chi connectivity index (χ2n) is 4.85. The third-order valence-electron chi connectivity index (χ3n) is 3.34. The van der Waals surface area contributed by atoms with Crippen molar-refractivity contribution in [2.24, 2.45) is 5.92 Å². The predicted octanol–water partition coefficient (Wildman–Crippen LogP) is 3.61. The Bertz CT molecular complexity index is 570. The highest BCUT2D eigenvalue weighted by Gasteiger charge is 2.16. The van der Waals surface area contributed by atoms with Crippen LogP contribution in [0, 0.1) is 5.92 Å². The molecule has 3 rings (SSSR count). The normalized spacial score (nSPS) is 20.7. The van der Waals surface area contributed by atoms with Gasteiger partial charge in [-0.25, -0.2) is 4.98 Å². The van der Waals surface area contributed by atoms with Gasteiger partial charge in [0, 0.05) is 19.3 Å². The Kier molecular flexibility index (Phi) is 2.63. The van der Waals surface area contributed by atoms with E-state index in [1.165, 1.54) is 22.4 Å². The molecule has 0 saturated heterocycles. The van der Waals surface area contributed by atoms with Gasteiger partial charge >= 0.3 is 0 Å². The van der Waals surface area contributed by atoms with Gasteiger partial charge in [-0.05, 0) is 30.0 Å². The molecule has 0 amide bonds. The molecule has 17 heavy (non-hydrogen) atoms. The summed E-state index contributed by atoms with van der Waals surface area (Å²) >= 11 is 1.70. The van der Waals surface area contributed by atoms with Crippen molar-refractivity contribution < 1.29 is 0 Å². The highest BCUT2D eigenvalue weighted by molar-refractivity contribution is 7.16. The predicted molar refractivity (Wildman–Crippen MR) is 74.0 cm³/mol. The Balaban J connectivity index is 2.02. The van der Waals surface area contributed by atoms with Crippen molar-refractivity contribution in [2.75, 3.05) is 13.6 Å². The summed E-state index contributed by atoms with van der Waals surface area (Å²) in [6.45, 7) is 3.44. The molecule has 0 saturated carbocycles. The van der Waals surface area contributed by atoms with Crippen LogP contribution in [0.25, 0.3) is 15.9 Å². The fourth-order valence-electron chi connectivity index (χ4n) is 2.46. The monoisotopic (exact) mass is 244 g/mol. The molecule has 0 radical (unpaired) electrons. The maximum absolute atomic E-state index is 4.39. The second-order valence-corrected chi connectivity index (χ2v) is 5.73. The molecule has 3 heteroatoms. The van der Waals surface area contributed by atoms with Crippen LogP contribution in [0.4, 0.5) is 0 Å². The molecule has 0 unspecified atom stereocenters. The lowest BCUT2D eigenvalue weighted by Crippen LogP contribution is -2.26. The fraction of sp³-hybridized carbons (Fsp3) is 0.357. The van der Waals surface area contributed by atoms with Gasteiger partial charge in [-0.2, -0.15) is 0 Å². The number of benzene rings is 1. The number of hydrogen-bond acceptors (Lipinski definition) is 3. The molecule has 2 aromatic rings. The molecule has 1 aromatic carbocycles. The van der Waals surface area contributed by atoms with Crippen LogP contribution in [0.15, 0.2) is 29.8 Å². The number of hydrogen-bond donors (Lipinski definition) is 0. The van der Waals surface area contributed by atoms with Crippen LogP contribution in [0.2, 0.25) is 0 Å². The molecule has 0 fully saturated rings. The Labute approximate surface area is 106 Å². The minimum Gasteiger partial charge on any atom is -0.374 e. The summed E-state index contributed by atoms with van der Waals surface area (Å²) in [4.78, 5) is 6.74. The molecule has 1 aliphatic heterocycles. The SMILES string of the molecule is C[C@H]1CC=C(c2ccc3scnc3c2)N(C)C1. The Morgan fingerprint density at radius 1 is 1.41 bits per heavy atom. The maximum atomic E-state index is 4.39. The average Bonchev–Trinajstić information content (AvgIpc) is 2.75. The summed E-state index contributed by atoms with van der Waals surface area (Å²) in [7, 11) is 2.17. The van der Waals surface area contributed by atoms with Crippen LogP contribution in [0.3, 0.4) is 0 Å². The van der Waals surface area contributed by atoms with Crippen molar-refractivity contribution in [3.63, 3.8) is 0 Å². The van der Waals surface area contributed by atoms with Crippen molar-refractivity contribution in [3.8, 4) is 0 Å². The third-order valence-corrected chi connectivity index (χ3v) is 4.15. The number of allylic oxidation sites excluding steroid dienone is 1. The van der Waals surface area contributed by atoms with E-state index in [9.17, 15) is 0 Å². The highest BCUT2D eigenvalue weighted by atomic mass is 32.1. The lowest BCUT2D eigenvalue weighted by atomic mass is 9.99. The lowest BCUT2D eigenvalue weighted by Gasteiger charge is -2.30. The first kappa shape index (κ1) is 10.8. The van der Waals surface area contributed by atoms with E-state index in [0.29, 0.717) is 0 Å². The zero-order valence-corrected chi connectivity index (χ0v) is 11.0. The molecule has 2 heterocycles. The number of aromatic nitrogens is 1. The quantitative estimate of drug-likeness (QED) is 0.762. The third kappa shape index (κ3) is 1.95. The lowest BCUT2D eigenvalue weighted by molar-refractivity contribution is 0.370. The molecule has 2 nitrogen and oxygen atoms in total. The van der Waals surface area contributed by atoms with Crippen molar-refractivity contribution in [2.45, 2.75) is 13.3 Å². The first-order valence-electron chi connectivity index (χ1n) is 5.99. The Morgan fingerprint density at radius 2 is 2.29 bits per heavy atom. The molecule has 1 aromatic heterocycles. The Morgan fingerprint density at radius 3 is 3.12 bits per heavy atom. The van der Waals surface area contributed by atoms with E-state index in [1.54, 1.807) is 11.3 Å². The standard InChI is InChI=1S/C14H16N2S/c1-10-3-5-13(16(2)8-10)11-4-6-14-12(7-11)15-9-17-14/h4-7,9-10H,3,8H2,1-2H3/t10-/m0/s1. The van der Waals surface area contributed by atoms with E-state index in [4.69, 9.17) is 0 Å². The smallest absolute Gasteiger partial charge is 0.0818 e. The number of fused-ring (bicyclic) bond motifs is 1. The van der Waals surface area contributed by atoms with Crippen LogP contribution >= 0.6 is 11.3 Å². The Hall–Kier alpha value is -1.35. The van der Waals surface area contributed by atoms with Gasteiger partial charge in [0.05, 0.1) is 15.7 Å². The summed E-state index contributed by atoms with van der Waals surface area (Å²) in [5.74, 6) is 0.756. The molecule has 1 aliphatic rings.